The van der Waals surface area contributed by atoms with Crippen LogP contribution in [0.1, 0.15) is 57.8 Å². The van der Waals surface area contributed by atoms with Crippen LogP contribution in [-0.4, -0.2) is 46.2 Å². The first-order valence-electron chi connectivity index (χ1n) is 10.6. The zero-order valence-corrected chi connectivity index (χ0v) is 17.8. The zero-order chi connectivity index (χ0) is 21.2. The molecule has 0 bridgehead atoms. The van der Waals surface area contributed by atoms with Gasteiger partial charge in [0.1, 0.15) is 16.8 Å². The number of aromatic nitrogens is 2. The van der Waals surface area contributed by atoms with Gasteiger partial charge in [0.2, 0.25) is 0 Å². The number of carbonyl (C=O) groups excluding carboxylic acids is 2. The highest BCUT2D eigenvalue weighted by molar-refractivity contribution is 6.18. The fraction of sp³-hybridized carbons (Fsp3) is 0.522. The van der Waals surface area contributed by atoms with Crippen molar-refractivity contribution in [2.24, 2.45) is 5.41 Å². The average molecular weight is 409 g/mol. The maximum atomic E-state index is 13.0. The van der Waals surface area contributed by atoms with Crippen LogP contribution in [-0.2, 0) is 14.3 Å². The largest absolute Gasteiger partial charge is 0.494 e. The van der Waals surface area contributed by atoms with Crippen LogP contribution in [0.4, 0.5) is 0 Å². The second-order valence-corrected chi connectivity index (χ2v) is 9.08. The Balaban J connectivity index is 1.73. The SMILES string of the molecule is CCOC(=O)C1=CN2C(CC1=O)c1c3cccc(OC)c3nn1C1CCC(C)(C)C12. The smallest absolute Gasteiger partial charge is 0.343 e. The van der Waals surface area contributed by atoms with Gasteiger partial charge in [-0.3, -0.25) is 9.48 Å². The van der Waals surface area contributed by atoms with Gasteiger partial charge in [-0.05, 0) is 31.2 Å². The number of rotatable bonds is 3. The molecular formula is C23H27N3O4. The Morgan fingerprint density at radius 1 is 1.33 bits per heavy atom. The number of hydrogen-bond donors (Lipinski definition) is 0. The molecule has 1 aliphatic carbocycles. The Morgan fingerprint density at radius 3 is 2.87 bits per heavy atom. The van der Waals surface area contributed by atoms with E-state index in [1.54, 1.807) is 20.2 Å². The summed E-state index contributed by atoms with van der Waals surface area (Å²) in [6, 6.07) is 6.09. The summed E-state index contributed by atoms with van der Waals surface area (Å²) in [4.78, 5) is 27.7. The van der Waals surface area contributed by atoms with Crippen molar-refractivity contribution in [3.63, 3.8) is 0 Å². The van der Waals surface area contributed by atoms with Crippen molar-refractivity contribution < 1.29 is 19.1 Å². The lowest BCUT2D eigenvalue weighted by Gasteiger charge is -2.49. The van der Waals surface area contributed by atoms with Crippen LogP contribution >= 0.6 is 0 Å². The second-order valence-electron chi connectivity index (χ2n) is 9.08. The van der Waals surface area contributed by atoms with Crippen LogP contribution < -0.4 is 4.74 Å². The van der Waals surface area contributed by atoms with Gasteiger partial charge < -0.3 is 14.4 Å². The molecule has 30 heavy (non-hydrogen) atoms. The lowest BCUT2D eigenvalue weighted by atomic mass is 9.81. The van der Waals surface area contributed by atoms with E-state index in [0.717, 1.165) is 35.2 Å². The van der Waals surface area contributed by atoms with Crippen molar-refractivity contribution in [3.8, 4) is 5.75 Å². The third-order valence-electron chi connectivity index (χ3n) is 6.96. The van der Waals surface area contributed by atoms with E-state index in [0.29, 0.717) is 0 Å². The van der Waals surface area contributed by atoms with Crippen LogP contribution in [0, 0.1) is 5.41 Å². The molecule has 7 heteroatoms. The van der Waals surface area contributed by atoms with Crippen LogP contribution in [0.15, 0.2) is 30.0 Å². The molecule has 5 rings (SSSR count). The van der Waals surface area contributed by atoms with Gasteiger partial charge in [-0.2, -0.15) is 5.10 Å². The molecule has 3 atom stereocenters. The molecule has 2 aromatic rings. The summed E-state index contributed by atoms with van der Waals surface area (Å²) in [5, 5.41) is 5.98. The first-order valence-corrected chi connectivity index (χ1v) is 10.6. The molecule has 0 radical (unpaired) electrons. The van der Waals surface area contributed by atoms with Gasteiger partial charge in [0.05, 0.1) is 37.5 Å². The molecule has 1 aromatic heterocycles. The van der Waals surface area contributed by atoms with E-state index in [4.69, 9.17) is 14.6 Å². The Kier molecular flexibility index (Phi) is 4.21. The Labute approximate surface area is 175 Å². The van der Waals surface area contributed by atoms with E-state index >= 15 is 0 Å². The summed E-state index contributed by atoms with van der Waals surface area (Å²) in [5.74, 6) is 0.0336. The van der Waals surface area contributed by atoms with E-state index in [-0.39, 0.29) is 47.9 Å². The van der Waals surface area contributed by atoms with E-state index in [1.807, 2.05) is 18.2 Å². The van der Waals surface area contributed by atoms with Gasteiger partial charge in [0.25, 0.3) is 0 Å². The summed E-state index contributed by atoms with van der Waals surface area (Å²) in [5.41, 5.74) is 2.05. The highest BCUT2D eigenvalue weighted by Crippen LogP contribution is 2.55. The van der Waals surface area contributed by atoms with Crippen LogP contribution in [0.3, 0.4) is 0 Å². The van der Waals surface area contributed by atoms with Gasteiger partial charge in [-0.15, -0.1) is 0 Å². The fourth-order valence-corrected chi connectivity index (χ4v) is 5.66. The minimum Gasteiger partial charge on any atom is -0.494 e. The Morgan fingerprint density at radius 2 is 2.13 bits per heavy atom. The third kappa shape index (κ3) is 2.53. The Bertz CT molecular complexity index is 1080. The van der Waals surface area contributed by atoms with Crippen molar-refractivity contribution in [2.45, 2.75) is 58.2 Å². The molecule has 158 valence electrons. The van der Waals surface area contributed by atoms with Crippen molar-refractivity contribution in [1.82, 2.24) is 14.7 Å². The summed E-state index contributed by atoms with van der Waals surface area (Å²) >= 11 is 0. The number of methoxy groups -OCH3 is 1. The van der Waals surface area contributed by atoms with Crippen LogP contribution in [0.25, 0.3) is 10.9 Å². The minimum absolute atomic E-state index is 0.0273. The highest BCUT2D eigenvalue weighted by Gasteiger charge is 2.54. The fourth-order valence-electron chi connectivity index (χ4n) is 5.66. The monoisotopic (exact) mass is 409 g/mol. The number of ether oxygens (including phenoxy) is 2. The predicted octanol–water partition coefficient (Wildman–Crippen LogP) is 3.55. The molecular weight excluding hydrogens is 382 g/mol. The molecule has 1 aromatic carbocycles. The molecule has 2 aliphatic heterocycles. The van der Waals surface area contributed by atoms with Gasteiger partial charge in [0.15, 0.2) is 5.78 Å². The molecule has 0 saturated heterocycles. The third-order valence-corrected chi connectivity index (χ3v) is 6.96. The number of ketones is 1. The topological polar surface area (TPSA) is 73.7 Å². The maximum absolute atomic E-state index is 13.0. The first kappa shape index (κ1) is 19.2. The maximum Gasteiger partial charge on any atom is 0.343 e. The first-order chi connectivity index (χ1) is 14.4. The van der Waals surface area contributed by atoms with Gasteiger partial charge >= 0.3 is 5.97 Å². The van der Waals surface area contributed by atoms with Crippen LogP contribution in [0.2, 0.25) is 0 Å². The number of fused-ring (bicyclic) bond motifs is 8. The normalized spacial score (nSPS) is 26.7. The molecule has 3 heterocycles. The van der Waals surface area contributed by atoms with Gasteiger partial charge in [-0.1, -0.05) is 26.0 Å². The second kappa shape index (κ2) is 6.59. The van der Waals surface area contributed by atoms with E-state index in [1.165, 1.54) is 0 Å². The average Bonchev–Trinajstić information content (AvgIpc) is 3.25. The van der Waals surface area contributed by atoms with E-state index < -0.39 is 5.97 Å². The number of carbonyl (C=O) groups is 2. The predicted molar refractivity (Wildman–Crippen MR) is 111 cm³/mol. The van der Waals surface area contributed by atoms with Crippen molar-refractivity contribution >= 4 is 22.7 Å². The van der Waals surface area contributed by atoms with Gasteiger partial charge in [0, 0.05) is 18.0 Å². The quantitative estimate of drug-likeness (QED) is 0.570. The highest BCUT2D eigenvalue weighted by atomic mass is 16.5. The summed E-state index contributed by atoms with van der Waals surface area (Å²) in [6.07, 6.45) is 4.05. The molecule has 3 unspecified atom stereocenters. The molecule has 0 spiro atoms. The molecule has 0 N–H and O–H groups in total. The van der Waals surface area contributed by atoms with Crippen molar-refractivity contribution in [3.05, 3.63) is 35.7 Å². The number of benzene rings is 1. The standard InChI is InChI=1S/C23H27N3O4/c1-5-30-22(28)14-12-25-16(11-17(14)27)20-13-7-6-8-18(29-4)19(13)24-26(20)15-9-10-23(2,3)21(15)25/h6-8,12,15-16,21H,5,9-11H2,1-4H3. The summed E-state index contributed by atoms with van der Waals surface area (Å²) in [6.45, 7) is 6.53. The molecule has 0 amide bonds. The zero-order valence-electron chi connectivity index (χ0n) is 17.8. The van der Waals surface area contributed by atoms with Crippen LogP contribution in [0.5, 0.6) is 5.75 Å². The number of nitrogens with zero attached hydrogens (tertiary/aromatic N) is 3. The van der Waals surface area contributed by atoms with E-state index in [9.17, 15) is 9.59 Å². The van der Waals surface area contributed by atoms with Gasteiger partial charge in [-0.25, -0.2) is 4.79 Å². The summed E-state index contributed by atoms with van der Waals surface area (Å²) in [7, 11) is 1.65. The number of Topliss-reactive ketones (excluding diaryl/α,β-unsaturated/α-hetero) is 1. The molecule has 3 aliphatic rings. The lowest BCUT2D eigenvalue weighted by Crippen LogP contribution is -2.52. The van der Waals surface area contributed by atoms with Crippen molar-refractivity contribution in [1.29, 1.82) is 0 Å². The molecule has 7 nitrogen and oxygen atoms in total. The van der Waals surface area contributed by atoms with E-state index in [2.05, 4.69) is 23.4 Å². The minimum atomic E-state index is -0.529. The van der Waals surface area contributed by atoms with Crippen molar-refractivity contribution in [2.75, 3.05) is 13.7 Å². The lowest BCUT2D eigenvalue weighted by molar-refractivity contribution is -0.141. The summed E-state index contributed by atoms with van der Waals surface area (Å²) < 4.78 is 12.9. The Hall–Kier alpha value is -2.83. The molecule has 1 fully saturated rings. The molecule has 1 saturated carbocycles. The number of hydrogen-bond acceptors (Lipinski definition) is 6. The number of esters is 1.